The van der Waals surface area contributed by atoms with E-state index in [0.717, 1.165) is 21.9 Å². The molecular formula is C51H32OS. The third-order valence-corrected chi connectivity index (χ3v) is 13.2. The van der Waals surface area contributed by atoms with Crippen molar-refractivity contribution >= 4 is 85.8 Å². The van der Waals surface area contributed by atoms with Crippen LogP contribution in [0.15, 0.2) is 162 Å². The normalized spacial score (nSPS) is 13.6. The van der Waals surface area contributed by atoms with Gasteiger partial charge < -0.3 is 4.42 Å². The Labute approximate surface area is 310 Å². The molecule has 11 aromatic rings. The van der Waals surface area contributed by atoms with E-state index >= 15 is 0 Å². The van der Waals surface area contributed by atoms with Gasteiger partial charge in [0.05, 0.1) is 0 Å². The minimum atomic E-state index is -0.0361. The predicted molar refractivity (Wildman–Crippen MR) is 228 cm³/mol. The molecular weight excluding hydrogens is 661 g/mol. The predicted octanol–water partition coefficient (Wildman–Crippen LogP) is 15.1. The van der Waals surface area contributed by atoms with Crippen molar-refractivity contribution in [2.45, 2.75) is 19.3 Å². The summed E-state index contributed by atoms with van der Waals surface area (Å²) in [6.45, 7) is 4.69. The van der Waals surface area contributed by atoms with Gasteiger partial charge in [-0.2, -0.15) is 0 Å². The van der Waals surface area contributed by atoms with E-state index in [2.05, 4.69) is 172 Å². The smallest absolute Gasteiger partial charge is 0.135 e. The Morgan fingerprint density at radius 2 is 0.887 bits per heavy atom. The molecule has 248 valence electrons. The maximum atomic E-state index is 6.42. The molecule has 1 nitrogen and oxygen atoms in total. The van der Waals surface area contributed by atoms with E-state index in [4.69, 9.17) is 4.42 Å². The second kappa shape index (κ2) is 10.4. The second-order valence-electron chi connectivity index (χ2n) is 15.3. The van der Waals surface area contributed by atoms with Crippen LogP contribution in [-0.4, -0.2) is 0 Å². The molecule has 0 saturated heterocycles. The number of rotatable bonds is 2. The highest BCUT2D eigenvalue weighted by Gasteiger charge is 2.35. The topological polar surface area (TPSA) is 13.1 Å². The van der Waals surface area contributed by atoms with Crippen LogP contribution in [-0.2, 0) is 5.41 Å². The summed E-state index contributed by atoms with van der Waals surface area (Å²) >= 11 is 1.89. The van der Waals surface area contributed by atoms with Crippen molar-refractivity contribution < 1.29 is 4.42 Å². The Morgan fingerprint density at radius 3 is 1.64 bits per heavy atom. The van der Waals surface area contributed by atoms with E-state index in [1.165, 1.54) is 97.0 Å². The molecule has 2 heteroatoms. The molecule has 1 aliphatic carbocycles. The van der Waals surface area contributed by atoms with Gasteiger partial charge in [0.2, 0.25) is 0 Å². The first-order valence-electron chi connectivity index (χ1n) is 18.4. The molecule has 0 fully saturated rings. The Balaban J connectivity index is 1.01. The molecule has 12 rings (SSSR count). The Bertz CT molecular complexity index is 3370. The van der Waals surface area contributed by atoms with Crippen molar-refractivity contribution in [1.82, 2.24) is 0 Å². The van der Waals surface area contributed by atoms with Gasteiger partial charge in [-0.05, 0) is 131 Å². The van der Waals surface area contributed by atoms with E-state index < -0.39 is 0 Å². The lowest BCUT2D eigenvalue weighted by atomic mass is 9.81. The molecule has 0 amide bonds. The Hall–Kier alpha value is -6.22. The molecule has 0 N–H and O–H groups in total. The van der Waals surface area contributed by atoms with Gasteiger partial charge in [0, 0.05) is 36.4 Å². The maximum absolute atomic E-state index is 6.42. The van der Waals surface area contributed by atoms with Crippen LogP contribution in [0, 0.1) is 0 Å². The van der Waals surface area contributed by atoms with E-state index in [0.29, 0.717) is 0 Å². The van der Waals surface area contributed by atoms with Crippen molar-refractivity contribution in [2.75, 3.05) is 0 Å². The third kappa shape index (κ3) is 4.07. The lowest BCUT2D eigenvalue weighted by Gasteiger charge is -2.22. The summed E-state index contributed by atoms with van der Waals surface area (Å²) in [7, 11) is 0. The molecule has 0 saturated carbocycles. The molecule has 1 aliphatic rings. The Kier molecular flexibility index (Phi) is 5.78. The number of benzene rings is 9. The lowest BCUT2D eigenvalue weighted by Crippen LogP contribution is -2.14. The molecule has 0 atom stereocenters. The van der Waals surface area contributed by atoms with Gasteiger partial charge in [0.15, 0.2) is 0 Å². The first-order valence-corrected chi connectivity index (χ1v) is 19.2. The number of hydrogen-bond donors (Lipinski definition) is 0. The summed E-state index contributed by atoms with van der Waals surface area (Å²) in [6, 6.07) is 58.7. The molecule has 2 aromatic heterocycles. The standard InChI is InChI=1S/C51H32OS/c1-51(2)45-13-7-5-11-36(45)37-20-16-32(26-46(37)51)31-18-22-48-43(25-31)42-24-30(17-21-47(42)52-48)29-15-19-35-39(23-29)33-9-3-4-10-34(33)40-27-44-38-12-6-8-14-49(38)53-50(44)28-41(35)40/h3-28H,1-2H3. The zero-order chi connectivity index (χ0) is 35.0. The molecule has 0 aliphatic heterocycles. The zero-order valence-electron chi connectivity index (χ0n) is 29.3. The molecule has 2 heterocycles. The second-order valence-corrected chi connectivity index (χ2v) is 16.3. The van der Waals surface area contributed by atoms with Crippen molar-refractivity contribution in [2.24, 2.45) is 0 Å². The van der Waals surface area contributed by atoms with Crippen molar-refractivity contribution in [3.05, 3.63) is 169 Å². The quantitative estimate of drug-likeness (QED) is 0.164. The average Bonchev–Trinajstić information content (AvgIpc) is 3.83. The highest BCUT2D eigenvalue weighted by Crippen LogP contribution is 2.50. The maximum Gasteiger partial charge on any atom is 0.135 e. The van der Waals surface area contributed by atoms with Crippen molar-refractivity contribution in [3.63, 3.8) is 0 Å². The SMILES string of the molecule is CC1(C)c2ccccc2-c2ccc(-c3ccc4oc5ccc(-c6ccc7c(c6)c6ccccc6c6cc8c(cc76)sc6ccccc68)cc5c4c3)cc21. The average molecular weight is 693 g/mol. The van der Waals surface area contributed by atoms with Crippen LogP contribution in [0.5, 0.6) is 0 Å². The minimum absolute atomic E-state index is 0.0361. The summed E-state index contributed by atoms with van der Waals surface area (Å²) < 4.78 is 9.09. The molecule has 0 radical (unpaired) electrons. The molecule has 53 heavy (non-hydrogen) atoms. The molecule has 0 bridgehead atoms. The number of fused-ring (bicyclic) bond motifs is 15. The van der Waals surface area contributed by atoms with E-state index in [1.54, 1.807) is 0 Å². The van der Waals surface area contributed by atoms with Gasteiger partial charge in [-0.1, -0.05) is 117 Å². The van der Waals surface area contributed by atoms with E-state index in [1.807, 2.05) is 11.3 Å². The van der Waals surface area contributed by atoms with Crippen LogP contribution in [0.1, 0.15) is 25.0 Å². The van der Waals surface area contributed by atoms with Crippen LogP contribution in [0.3, 0.4) is 0 Å². The first-order chi connectivity index (χ1) is 26.0. The summed E-state index contributed by atoms with van der Waals surface area (Å²) in [5.74, 6) is 0. The minimum Gasteiger partial charge on any atom is -0.456 e. The summed E-state index contributed by atoms with van der Waals surface area (Å²) in [6.07, 6.45) is 0. The number of furan rings is 1. The Morgan fingerprint density at radius 1 is 0.358 bits per heavy atom. The van der Waals surface area contributed by atoms with Crippen molar-refractivity contribution in [3.8, 4) is 33.4 Å². The first kappa shape index (κ1) is 29.4. The third-order valence-electron chi connectivity index (χ3n) is 12.1. The van der Waals surface area contributed by atoms with Crippen LogP contribution in [0.25, 0.3) is 108 Å². The van der Waals surface area contributed by atoms with Crippen LogP contribution >= 0.6 is 11.3 Å². The highest BCUT2D eigenvalue weighted by atomic mass is 32.1. The van der Waals surface area contributed by atoms with Gasteiger partial charge in [-0.15, -0.1) is 11.3 Å². The number of thiophene rings is 1. The lowest BCUT2D eigenvalue weighted by molar-refractivity contribution is 0.660. The summed E-state index contributed by atoms with van der Waals surface area (Å²) in [5, 5.41) is 12.8. The van der Waals surface area contributed by atoms with Gasteiger partial charge in [-0.3, -0.25) is 0 Å². The van der Waals surface area contributed by atoms with E-state index in [-0.39, 0.29) is 5.41 Å². The van der Waals surface area contributed by atoms with Crippen molar-refractivity contribution in [1.29, 1.82) is 0 Å². The van der Waals surface area contributed by atoms with Crippen LogP contribution in [0.4, 0.5) is 0 Å². The van der Waals surface area contributed by atoms with Gasteiger partial charge in [0.1, 0.15) is 11.2 Å². The fourth-order valence-corrected chi connectivity index (χ4v) is 10.5. The largest absolute Gasteiger partial charge is 0.456 e. The number of hydrogen-bond acceptors (Lipinski definition) is 2. The fraction of sp³-hybridized carbons (Fsp3) is 0.0588. The van der Waals surface area contributed by atoms with Gasteiger partial charge >= 0.3 is 0 Å². The van der Waals surface area contributed by atoms with Gasteiger partial charge in [0.25, 0.3) is 0 Å². The fourth-order valence-electron chi connectivity index (χ4n) is 9.37. The zero-order valence-corrected chi connectivity index (χ0v) is 30.1. The van der Waals surface area contributed by atoms with E-state index in [9.17, 15) is 0 Å². The van der Waals surface area contributed by atoms with Gasteiger partial charge in [-0.25, -0.2) is 0 Å². The van der Waals surface area contributed by atoms with Crippen LogP contribution < -0.4 is 0 Å². The molecule has 0 spiro atoms. The summed E-state index contributed by atoms with van der Waals surface area (Å²) in [5.41, 5.74) is 12.1. The molecule has 9 aromatic carbocycles. The highest BCUT2D eigenvalue weighted by molar-refractivity contribution is 7.25. The molecule has 0 unspecified atom stereocenters. The monoisotopic (exact) mass is 692 g/mol. The summed E-state index contributed by atoms with van der Waals surface area (Å²) in [4.78, 5) is 0. The van der Waals surface area contributed by atoms with Crippen LogP contribution in [0.2, 0.25) is 0 Å².